The van der Waals surface area contributed by atoms with Gasteiger partial charge in [-0.2, -0.15) is 0 Å². The van der Waals surface area contributed by atoms with Gasteiger partial charge in [-0.1, -0.05) is 90.5 Å². The van der Waals surface area contributed by atoms with Gasteiger partial charge in [0.05, 0.1) is 18.3 Å². The van der Waals surface area contributed by atoms with E-state index in [9.17, 15) is 34.2 Å². The molecule has 4 rings (SSSR count). The van der Waals surface area contributed by atoms with Crippen LogP contribution in [0.25, 0.3) is 0 Å². The van der Waals surface area contributed by atoms with Gasteiger partial charge < -0.3 is 34.1 Å². The average molecular weight is 914 g/mol. The maximum absolute atomic E-state index is 16.2. The van der Waals surface area contributed by atoms with Crippen LogP contribution >= 0.6 is 0 Å². The summed E-state index contributed by atoms with van der Waals surface area (Å²) in [7, 11) is 2.87. The first-order valence-corrected chi connectivity index (χ1v) is 24.1. The second-order valence-electron chi connectivity index (χ2n) is 20.6. The molecule has 14 atom stereocenters. The molecule has 13 heteroatoms. The highest BCUT2D eigenvalue weighted by Crippen LogP contribution is 2.41. The summed E-state index contributed by atoms with van der Waals surface area (Å²) < 4.78 is 39.7. The molecule has 2 N–H and O–H groups in total. The van der Waals surface area contributed by atoms with E-state index < -0.39 is 83.2 Å². The van der Waals surface area contributed by atoms with Crippen molar-refractivity contribution in [2.24, 2.45) is 40.9 Å². The van der Waals surface area contributed by atoms with E-state index in [1.807, 2.05) is 51.2 Å². The van der Waals surface area contributed by atoms with Gasteiger partial charge in [0.1, 0.15) is 17.9 Å². The Morgan fingerprint density at radius 2 is 1.63 bits per heavy atom. The zero-order chi connectivity index (χ0) is 48.4. The molecule has 3 fully saturated rings. The van der Waals surface area contributed by atoms with Crippen LogP contribution in [0, 0.1) is 40.9 Å². The molecule has 0 aromatic rings. The predicted octanol–water partition coefficient (Wildman–Crippen LogP) is 8.17. The molecule has 0 radical (unpaired) electrons. The van der Waals surface area contributed by atoms with E-state index in [1.54, 1.807) is 27.9 Å². The molecule has 3 unspecified atom stereocenters. The summed E-state index contributed by atoms with van der Waals surface area (Å²) in [6.45, 7) is 16.7. The Balaban J connectivity index is 1.71. The number of carbonyl (C=O) groups is 5. The van der Waals surface area contributed by atoms with Gasteiger partial charge in [-0.25, -0.2) is 9.18 Å². The van der Waals surface area contributed by atoms with E-state index in [0.29, 0.717) is 64.2 Å². The Bertz CT molecular complexity index is 1790. The van der Waals surface area contributed by atoms with Gasteiger partial charge in [-0.05, 0) is 113 Å². The third-order valence-corrected chi connectivity index (χ3v) is 14.9. The molecule has 1 amide bonds. The lowest BCUT2D eigenvalue weighted by atomic mass is 9.76. The smallest absolute Gasteiger partial charge is 0.329 e. The minimum Gasteiger partial charge on any atom is -0.460 e. The molecular formula is C52H80FNO11. The Kier molecular flexibility index (Phi) is 20.1. The van der Waals surface area contributed by atoms with Crippen molar-refractivity contribution in [2.45, 2.75) is 188 Å². The first kappa shape index (κ1) is 54.2. The van der Waals surface area contributed by atoms with E-state index in [4.69, 9.17) is 18.9 Å². The number of hydrogen-bond donors (Lipinski definition) is 2. The van der Waals surface area contributed by atoms with Crippen LogP contribution in [0.3, 0.4) is 0 Å². The summed E-state index contributed by atoms with van der Waals surface area (Å²) in [6.07, 6.45) is 11.1. The minimum absolute atomic E-state index is 0.00325. The van der Waals surface area contributed by atoms with Gasteiger partial charge in [0, 0.05) is 44.9 Å². The number of carbonyl (C=O) groups excluding carboxylic acids is 5. The van der Waals surface area contributed by atoms with Gasteiger partial charge in [0.25, 0.3) is 11.7 Å². The summed E-state index contributed by atoms with van der Waals surface area (Å²) in [5.41, 5.74) is 0.804. The van der Waals surface area contributed by atoms with Crippen molar-refractivity contribution in [1.82, 2.24) is 4.90 Å². The van der Waals surface area contributed by atoms with Crippen molar-refractivity contribution < 1.29 is 57.5 Å². The number of Topliss-reactive ketones (excluding diaryl/α,β-unsaturated/α-hetero) is 3. The first-order chi connectivity index (χ1) is 30.5. The van der Waals surface area contributed by atoms with Crippen LogP contribution in [-0.4, -0.2) is 114 Å². The lowest BCUT2D eigenvalue weighted by Gasteiger charge is -2.44. The van der Waals surface area contributed by atoms with E-state index >= 15 is 4.39 Å². The molecule has 1 aliphatic carbocycles. The third kappa shape index (κ3) is 14.1. The van der Waals surface area contributed by atoms with Crippen molar-refractivity contribution in [3.63, 3.8) is 0 Å². The second-order valence-corrected chi connectivity index (χ2v) is 20.6. The molecule has 2 bridgehead atoms. The number of amides is 1. The second kappa shape index (κ2) is 24.1. The Morgan fingerprint density at radius 3 is 2.31 bits per heavy atom. The van der Waals surface area contributed by atoms with Crippen LogP contribution in [0.4, 0.5) is 4.39 Å². The monoisotopic (exact) mass is 914 g/mol. The summed E-state index contributed by atoms with van der Waals surface area (Å²) in [4.78, 5) is 71.7. The number of methoxy groups -OCH3 is 2. The number of ketones is 3. The van der Waals surface area contributed by atoms with Crippen molar-refractivity contribution in [3.8, 4) is 0 Å². The van der Waals surface area contributed by atoms with Gasteiger partial charge in [-0.3, -0.25) is 19.2 Å². The van der Waals surface area contributed by atoms with Crippen molar-refractivity contribution in [3.05, 3.63) is 47.6 Å². The molecular weight excluding hydrogens is 834 g/mol. The highest BCUT2D eigenvalue weighted by atomic mass is 19.1. The molecule has 3 heterocycles. The number of ether oxygens (including phenoxy) is 4. The Hall–Kier alpha value is -3.36. The van der Waals surface area contributed by atoms with Crippen LogP contribution in [0.2, 0.25) is 0 Å². The number of fused-ring (bicyclic) bond motifs is 3. The fraction of sp³-hybridized carbons (Fsp3) is 0.750. The molecule has 65 heavy (non-hydrogen) atoms. The van der Waals surface area contributed by atoms with E-state index in [1.165, 1.54) is 25.0 Å². The molecule has 0 aromatic carbocycles. The van der Waals surface area contributed by atoms with E-state index in [0.717, 1.165) is 5.57 Å². The van der Waals surface area contributed by atoms with Crippen LogP contribution in [0.15, 0.2) is 47.6 Å². The molecule has 2 saturated heterocycles. The number of piperidine rings is 1. The first-order valence-electron chi connectivity index (χ1n) is 24.1. The van der Waals surface area contributed by atoms with Crippen LogP contribution in [0.5, 0.6) is 0 Å². The number of cyclic esters (lactones) is 1. The molecule has 0 spiro atoms. The number of nitrogens with zero attached hydrogens (tertiary/aromatic N) is 1. The number of rotatable bonds is 5. The van der Waals surface area contributed by atoms with E-state index in [-0.39, 0.29) is 60.4 Å². The summed E-state index contributed by atoms with van der Waals surface area (Å²) in [6, 6.07) is -1.14. The van der Waals surface area contributed by atoms with Crippen molar-refractivity contribution in [1.29, 1.82) is 0 Å². The standard InChI is InChI=1S/C52H80FNO11/c1-31-17-13-12-14-18-36(6)51(8,9)30-39-22-20-37(7)52(61,65-39)48(58)49(59)54-24-16-15-19-40(54)50(60)64-43(33(3)27-38-21-23-41(55)44(28-38)62-10)29-42(56)32(2)26-34(4)45(53)47(63-11)46(57)35(5)25-31/h12-14,17-18,26,31-33,35,37-41,43-45,47,55,61H,15-16,19-25,27-30H2,1-11H3/b14-12+,17-13+,34-26+,36-18+/t31-,32-,33-,35-,37-,38?,39+,40+,41-,43?,44-,45?,47-,52-/m1/s1. The average Bonchev–Trinajstić information content (AvgIpc) is 3.26. The van der Waals surface area contributed by atoms with Gasteiger partial charge in [-0.15, -0.1) is 0 Å². The normalized spacial score (nSPS) is 40.1. The largest absolute Gasteiger partial charge is 0.460 e. The number of aliphatic hydroxyl groups is 2. The maximum Gasteiger partial charge on any atom is 0.329 e. The summed E-state index contributed by atoms with van der Waals surface area (Å²) >= 11 is 0. The summed E-state index contributed by atoms with van der Waals surface area (Å²) in [5, 5.41) is 22.4. The number of hydrogen-bond acceptors (Lipinski definition) is 11. The highest BCUT2D eigenvalue weighted by molar-refractivity contribution is 6.39. The highest BCUT2D eigenvalue weighted by Gasteiger charge is 2.53. The number of esters is 1. The van der Waals surface area contributed by atoms with E-state index in [2.05, 4.69) is 13.8 Å². The molecule has 1 saturated carbocycles. The number of halogens is 1. The quantitative estimate of drug-likeness (QED) is 0.155. The van der Waals surface area contributed by atoms with Crippen molar-refractivity contribution >= 4 is 29.2 Å². The van der Waals surface area contributed by atoms with Gasteiger partial charge in [0.2, 0.25) is 5.79 Å². The van der Waals surface area contributed by atoms with Crippen LogP contribution < -0.4 is 0 Å². The third-order valence-electron chi connectivity index (χ3n) is 14.9. The molecule has 3 aliphatic heterocycles. The molecule has 4 aliphatic rings. The topological polar surface area (TPSA) is 166 Å². The predicted molar refractivity (Wildman–Crippen MR) is 247 cm³/mol. The molecule has 12 nitrogen and oxygen atoms in total. The fourth-order valence-electron chi connectivity index (χ4n) is 10.2. The zero-order valence-corrected chi connectivity index (χ0v) is 41.1. The number of aliphatic hydroxyl groups excluding tert-OH is 1. The van der Waals surface area contributed by atoms with Crippen LogP contribution in [0.1, 0.15) is 139 Å². The summed E-state index contributed by atoms with van der Waals surface area (Å²) in [5.74, 6) is -8.24. The lowest BCUT2D eigenvalue weighted by molar-refractivity contribution is -0.266. The van der Waals surface area contributed by atoms with Gasteiger partial charge >= 0.3 is 5.97 Å². The number of alkyl halides is 1. The zero-order valence-electron chi connectivity index (χ0n) is 41.1. The minimum atomic E-state index is -2.40. The Morgan fingerprint density at radius 1 is 0.923 bits per heavy atom. The number of allylic oxidation sites excluding steroid dienone is 7. The van der Waals surface area contributed by atoms with Crippen LogP contribution in [-0.2, 0) is 42.9 Å². The van der Waals surface area contributed by atoms with Gasteiger partial charge in [0.15, 0.2) is 18.1 Å². The molecule has 0 aromatic heterocycles. The molecule has 366 valence electrons. The van der Waals surface area contributed by atoms with Crippen molar-refractivity contribution in [2.75, 3.05) is 20.8 Å². The Labute approximate surface area is 387 Å². The fourth-order valence-corrected chi connectivity index (χ4v) is 10.2. The lowest BCUT2D eigenvalue weighted by Crippen LogP contribution is -2.61. The maximum atomic E-state index is 16.2. The SMILES string of the molecule is CO[C@H]1C(=O)[C@H](C)C[C@H](C)/C=C/C=C/C=C(\C)C(C)(C)C[C@@H]2CC[C@@H](C)[C@@](O)(O2)C(=O)C(=O)N2CCCC[C@H]2C(=O)OC([C@H](C)CC2CC[C@@H](O)[C@H](OC)C2)CC(=O)[C@H](C)/C=C(\C)C1F.